The fourth-order valence-corrected chi connectivity index (χ4v) is 2.59. The van der Waals surface area contributed by atoms with Gasteiger partial charge in [-0.3, -0.25) is 0 Å². The molecule has 0 radical (unpaired) electrons. The van der Waals surface area contributed by atoms with Crippen LogP contribution in [-0.2, 0) is 19.4 Å². The van der Waals surface area contributed by atoms with Gasteiger partial charge in [-0.05, 0) is 69.8 Å². The molecule has 0 unspecified atom stereocenters. The van der Waals surface area contributed by atoms with Crippen molar-refractivity contribution in [3.05, 3.63) is 34.9 Å². The Morgan fingerprint density at radius 2 is 1.94 bits per heavy atom. The minimum atomic E-state index is -0.0633. The maximum atomic E-state index is 6.02. The zero-order chi connectivity index (χ0) is 13.2. The molecule has 0 heterocycles. The summed E-state index contributed by atoms with van der Waals surface area (Å²) < 4.78 is 0. The summed E-state index contributed by atoms with van der Waals surface area (Å²) in [6, 6.07) is 7.00. The molecule has 18 heavy (non-hydrogen) atoms. The summed E-state index contributed by atoms with van der Waals surface area (Å²) in [5, 5.41) is 0. The van der Waals surface area contributed by atoms with Crippen LogP contribution in [-0.4, -0.2) is 24.0 Å². The first-order valence-corrected chi connectivity index (χ1v) is 7.02. The monoisotopic (exact) mass is 246 g/mol. The van der Waals surface area contributed by atoms with Gasteiger partial charge in [-0.1, -0.05) is 18.2 Å². The molecule has 100 valence electrons. The summed E-state index contributed by atoms with van der Waals surface area (Å²) in [5.41, 5.74) is 10.5. The van der Waals surface area contributed by atoms with Gasteiger partial charge in [-0.2, -0.15) is 0 Å². The van der Waals surface area contributed by atoms with Gasteiger partial charge in [0.2, 0.25) is 0 Å². The normalized spacial score (nSPS) is 15.2. The minimum Gasteiger partial charge on any atom is -0.326 e. The maximum Gasteiger partial charge on any atom is 0.0230 e. The van der Waals surface area contributed by atoms with Crippen molar-refractivity contribution in [2.24, 2.45) is 5.73 Å². The van der Waals surface area contributed by atoms with Crippen molar-refractivity contribution >= 4 is 0 Å². The van der Waals surface area contributed by atoms with Crippen LogP contribution in [0.25, 0.3) is 0 Å². The molecule has 0 spiro atoms. The van der Waals surface area contributed by atoms with Crippen LogP contribution in [0.15, 0.2) is 18.2 Å². The van der Waals surface area contributed by atoms with E-state index in [2.05, 4.69) is 44.0 Å². The Morgan fingerprint density at radius 1 is 1.22 bits per heavy atom. The number of benzene rings is 1. The van der Waals surface area contributed by atoms with Crippen molar-refractivity contribution in [3.63, 3.8) is 0 Å². The molecule has 2 rings (SSSR count). The topological polar surface area (TPSA) is 29.3 Å². The molecule has 1 aliphatic carbocycles. The fraction of sp³-hybridized carbons (Fsp3) is 0.625. The first-order chi connectivity index (χ1) is 8.44. The molecule has 0 saturated heterocycles. The Kier molecular flexibility index (Phi) is 4.08. The van der Waals surface area contributed by atoms with Crippen LogP contribution in [0.4, 0.5) is 0 Å². The van der Waals surface area contributed by atoms with Crippen LogP contribution in [0.3, 0.4) is 0 Å². The molecule has 2 nitrogen and oxygen atoms in total. The zero-order valence-electron chi connectivity index (χ0n) is 12.0. The number of nitrogens with zero attached hydrogens (tertiary/aromatic N) is 1. The highest BCUT2D eigenvalue weighted by atomic mass is 15.1. The lowest BCUT2D eigenvalue weighted by molar-refractivity contribution is 0.289. The summed E-state index contributed by atoms with van der Waals surface area (Å²) in [5.74, 6) is 0. The fourth-order valence-electron chi connectivity index (χ4n) is 2.59. The van der Waals surface area contributed by atoms with E-state index in [-0.39, 0.29) is 5.54 Å². The number of hydrogen-bond acceptors (Lipinski definition) is 2. The van der Waals surface area contributed by atoms with Gasteiger partial charge in [0.1, 0.15) is 0 Å². The maximum absolute atomic E-state index is 6.02. The number of nitrogens with two attached hydrogens (primary N) is 1. The van der Waals surface area contributed by atoms with Gasteiger partial charge in [-0.25, -0.2) is 0 Å². The Balaban J connectivity index is 1.89. The van der Waals surface area contributed by atoms with E-state index in [9.17, 15) is 0 Å². The average molecular weight is 246 g/mol. The quantitative estimate of drug-likeness (QED) is 0.865. The van der Waals surface area contributed by atoms with Gasteiger partial charge in [0.05, 0.1) is 0 Å². The summed E-state index contributed by atoms with van der Waals surface area (Å²) in [7, 11) is 2.18. The molecule has 0 aromatic heterocycles. The van der Waals surface area contributed by atoms with Gasteiger partial charge in [0.15, 0.2) is 0 Å². The summed E-state index contributed by atoms with van der Waals surface area (Å²) in [6.45, 7) is 6.27. The van der Waals surface area contributed by atoms with Gasteiger partial charge >= 0.3 is 0 Å². The predicted octanol–water partition coefficient (Wildman–Crippen LogP) is 2.73. The lowest BCUT2D eigenvalue weighted by atomic mass is 10.0. The van der Waals surface area contributed by atoms with E-state index < -0.39 is 0 Å². The standard InChI is InChI=1S/C16H26N2/c1-16(2,17)9-10-18(3)12-13-7-8-14-5-4-6-15(14)11-13/h7-8,11H,4-6,9-10,12,17H2,1-3H3. The molecule has 0 aliphatic heterocycles. The highest BCUT2D eigenvalue weighted by Crippen LogP contribution is 2.23. The number of rotatable bonds is 5. The third-order valence-corrected chi connectivity index (χ3v) is 3.75. The Bertz CT molecular complexity index is 404. The second-order valence-electron chi connectivity index (χ2n) is 6.43. The number of hydrogen-bond donors (Lipinski definition) is 1. The molecular weight excluding hydrogens is 220 g/mol. The first kappa shape index (κ1) is 13.6. The lowest BCUT2D eigenvalue weighted by Gasteiger charge is -2.23. The molecule has 0 bridgehead atoms. The molecule has 2 heteroatoms. The van der Waals surface area contributed by atoms with Crippen LogP contribution in [0, 0.1) is 0 Å². The summed E-state index contributed by atoms with van der Waals surface area (Å²) in [4.78, 5) is 2.37. The second-order valence-corrected chi connectivity index (χ2v) is 6.43. The number of fused-ring (bicyclic) bond motifs is 1. The summed E-state index contributed by atoms with van der Waals surface area (Å²) >= 11 is 0. The largest absolute Gasteiger partial charge is 0.326 e. The van der Waals surface area contributed by atoms with E-state index in [1.54, 1.807) is 11.1 Å². The van der Waals surface area contributed by atoms with Crippen molar-refractivity contribution in [1.29, 1.82) is 0 Å². The van der Waals surface area contributed by atoms with Crippen molar-refractivity contribution in [2.45, 2.75) is 51.6 Å². The summed E-state index contributed by atoms with van der Waals surface area (Å²) in [6.07, 6.45) is 4.90. The Labute approximate surface area is 111 Å². The van der Waals surface area contributed by atoms with Gasteiger partial charge in [0, 0.05) is 12.1 Å². The van der Waals surface area contributed by atoms with Crippen LogP contribution in [0.2, 0.25) is 0 Å². The molecule has 0 amide bonds. The molecule has 0 atom stereocenters. The van der Waals surface area contributed by atoms with Crippen molar-refractivity contribution in [1.82, 2.24) is 4.90 Å². The van der Waals surface area contributed by atoms with E-state index in [0.717, 1.165) is 19.5 Å². The minimum absolute atomic E-state index is 0.0633. The highest BCUT2D eigenvalue weighted by molar-refractivity contribution is 5.35. The third-order valence-electron chi connectivity index (χ3n) is 3.75. The van der Waals surface area contributed by atoms with E-state index in [4.69, 9.17) is 5.73 Å². The van der Waals surface area contributed by atoms with E-state index in [1.807, 2.05) is 0 Å². The van der Waals surface area contributed by atoms with E-state index >= 15 is 0 Å². The van der Waals surface area contributed by atoms with Crippen LogP contribution in [0.5, 0.6) is 0 Å². The van der Waals surface area contributed by atoms with Crippen LogP contribution < -0.4 is 5.73 Å². The van der Waals surface area contributed by atoms with Gasteiger partial charge < -0.3 is 10.6 Å². The Hall–Kier alpha value is -0.860. The van der Waals surface area contributed by atoms with Crippen molar-refractivity contribution in [3.8, 4) is 0 Å². The Morgan fingerprint density at radius 3 is 2.67 bits per heavy atom. The molecule has 1 aromatic carbocycles. The molecule has 2 N–H and O–H groups in total. The van der Waals surface area contributed by atoms with Crippen molar-refractivity contribution in [2.75, 3.05) is 13.6 Å². The third kappa shape index (κ3) is 3.82. The van der Waals surface area contributed by atoms with Gasteiger partial charge in [0.25, 0.3) is 0 Å². The molecular formula is C16H26N2. The molecule has 0 fully saturated rings. The van der Waals surface area contributed by atoms with Crippen molar-refractivity contribution < 1.29 is 0 Å². The average Bonchev–Trinajstić information content (AvgIpc) is 2.72. The predicted molar refractivity (Wildman–Crippen MR) is 77.7 cm³/mol. The van der Waals surface area contributed by atoms with Crippen LogP contribution in [0.1, 0.15) is 43.4 Å². The SMILES string of the molecule is CN(CCC(C)(C)N)Cc1ccc2c(c1)CCC2. The molecule has 1 aromatic rings. The van der Waals surface area contributed by atoms with Gasteiger partial charge in [-0.15, -0.1) is 0 Å². The molecule has 0 saturated carbocycles. The second kappa shape index (κ2) is 5.41. The molecule has 1 aliphatic rings. The van der Waals surface area contributed by atoms with E-state index in [1.165, 1.54) is 24.8 Å². The smallest absolute Gasteiger partial charge is 0.0230 e. The first-order valence-electron chi connectivity index (χ1n) is 7.02. The lowest BCUT2D eigenvalue weighted by Crippen LogP contribution is -2.36. The van der Waals surface area contributed by atoms with E-state index in [0.29, 0.717) is 0 Å². The van der Waals surface area contributed by atoms with Crippen LogP contribution >= 0.6 is 0 Å². The highest BCUT2D eigenvalue weighted by Gasteiger charge is 2.13. The zero-order valence-corrected chi connectivity index (χ0v) is 12.0. The number of aryl methyl sites for hydroxylation is 2.